The minimum Gasteiger partial charge on any atom is -0.427 e. The lowest BCUT2D eigenvalue weighted by Crippen LogP contribution is -2.04. The van der Waals surface area contributed by atoms with Gasteiger partial charge in [0.1, 0.15) is 5.75 Å². The largest absolute Gasteiger partial charge is 0.427 e. The van der Waals surface area contributed by atoms with Gasteiger partial charge in [0.15, 0.2) is 5.78 Å². The maximum absolute atomic E-state index is 11.0. The Morgan fingerprint density at radius 3 is 2.33 bits per heavy atom. The van der Waals surface area contributed by atoms with E-state index in [1.165, 1.54) is 6.92 Å². The highest BCUT2D eigenvalue weighted by molar-refractivity contribution is 6.27. The zero-order valence-electron chi connectivity index (χ0n) is 8.33. The van der Waals surface area contributed by atoms with Gasteiger partial charge in [0, 0.05) is 13.3 Å². The number of Topliss-reactive ketones (excluding diaryl/α,β-unsaturated/α-hetero) is 1. The molecule has 0 saturated heterocycles. The molecule has 3 nitrogen and oxygen atoms in total. The summed E-state index contributed by atoms with van der Waals surface area (Å²) in [6.07, 6.45) is 0.309. The van der Waals surface area contributed by atoms with Crippen LogP contribution in [0.5, 0.6) is 5.75 Å². The van der Waals surface area contributed by atoms with E-state index in [2.05, 4.69) is 0 Å². The van der Waals surface area contributed by atoms with Crippen molar-refractivity contribution >= 4 is 23.4 Å². The molecular weight excluding hydrogens is 216 g/mol. The summed E-state index contributed by atoms with van der Waals surface area (Å²) in [5.74, 6) is 0.104. The van der Waals surface area contributed by atoms with Crippen LogP contribution in [0.4, 0.5) is 0 Å². The highest BCUT2D eigenvalue weighted by atomic mass is 35.5. The van der Waals surface area contributed by atoms with Gasteiger partial charge >= 0.3 is 5.97 Å². The molecule has 0 N–H and O–H groups in total. The summed E-state index contributed by atoms with van der Waals surface area (Å²) >= 11 is 5.38. The number of hydrogen-bond acceptors (Lipinski definition) is 3. The first-order chi connectivity index (χ1) is 7.11. The van der Waals surface area contributed by atoms with Crippen LogP contribution in [0.1, 0.15) is 12.5 Å². The number of halogens is 1. The molecule has 80 valence electrons. The normalized spacial score (nSPS) is 9.73. The number of benzene rings is 1. The summed E-state index contributed by atoms with van der Waals surface area (Å²) < 4.78 is 4.85. The highest BCUT2D eigenvalue weighted by Crippen LogP contribution is 2.13. The molecule has 0 aliphatic rings. The zero-order valence-corrected chi connectivity index (χ0v) is 9.08. The van der Waals surface area contributed by atoms with E-state index in [0.717, 1.165) is 5.56 Å². The lowest BCUT2D eigenvalue weighted by atomic mass is 10.1. The molecule has 0 spiro atoms. The van der Waals surface area contributed by atoms with E-state index in [0.29, 0.717) is 12.2 Å². The molecule has 0 radical (unpaired) electrons. The summed E-state index contributed by atoms with van der Waals surface area (Å²) in [7, 11) is 0. The smallest absolute Gasteiger partial charge is 0.308 e. The van der Waals surface area contributed by atoms with Gasteiger partial charge in [-0.2, -0.15) is 0 Å². The molecule has 0 bridgehead atoms. The van der Waals surface area contributed by atoms with E-state index in [1.54, 1.807) is 24.3 Å². The average molecular weight is 227 g/mol. The van der Waals surface area contributed by atoms with Gasteiger partial charge in [-0.3, -0.25) is 9.59 Å². The van der Waals surface area contributed by atoms with Crippen LogP contribution in [0.2, 0.25) is 0 Å². The van der Waals surface area contributed by atoms with Crippen LogP contribution in [0.15, 0.2) is 24.3 Å². The van der Waals surface area contributed by atoms with E-state index in [-0.39, 0.29) is 17.6 Å². The molecule has 0 fully saturated rings. The van der Waals surface area contributed by atoms with Crippen LogP contribution in [0.25, 0.3) is 0 Å². The minimum absolute atomic E-state index is 0.0195. The Balaban J connectivity index is 2.64. The molecule has 0 atom stereocenters. The summed E-state index contributed by atoms with van der Waals surface area (Å²) in [5.41, 5.74) is 0.858. The third-order valence-electron chi connectivity index (χ3n) is 1.74. The van der Waals surface area contributed by atoms with Crippen LogP contribution in [0, 0.1) is 0 Å². The lowest BCUT2D eigenvalue weighted by molar-refractivity contribution is -0.131. The number of rotatable bonds is 4. The Bertz CT molecular complexity index is 357. The van der Waals surface area contributed by atoms with Gasteiger partial charge in [0.25, 0.3) is 0 Å². The second-order valence-electron chi connectivity index (χ2n) is 3.09. The molecule has 4 heteroatoms. The van der Waals surface area contributed by atoms with Crippen molar-refractivity contribution in [2.75, 3.05) is 5.88 Å². The summed E-state index contributed by atoms with van der Waals surface area (Å²) in [5, 5.41) is 0. The highest BCUT2D eigenvalue weighted by Gasteiger charge is 2.02. The van der Waals surface area contributed by atoms with Crippen molar-refractivity contribution in [3.05, 3.63) is 29.8 Å². The standard InChI is InChI=1S/C11H11ClO3/c1-8(13)15-11-4-2-9(3-5-11)6-10(14)7-12/h2-5H,6-7H2,1H3. The van der Waals surface area contributed by atoms with Crippen molar-refractivity contribution < 1.29 is 14.3 Å². The lowest BCUT2D eigenvalue weighted by Gasteiger charge is -2.02. The molecule has 0 saturated carbocycles. The summed E-state index contributed by atoms with van der Waals surface area (Å²) in [6.45, 7) is 1.34. The van der Waals surface area contributed by atoms with Gasteiger partial charge in [-0.1, -0.05) is 12.1 Å². The maximum atomic E-state index is 11.0. The molecule has 0 aliphatic heterocycles. The quantitative estimate of drug-likeness (QED) is 0.448. The molecule has 0 unspecified atom stereocenters. The number of ketones is 1. The second kappa shape index (κ2) is 5.51. The number of hydrogen-bond donors (Lipinski definition) is 0. The van der Waals surface area contributed by atoms with Gasteiger partial charge < -0.3 is 4.74 Å². The van der Waals surface area contributed by atoms with Gasteiger partial charge in [-0.05, 0) is 17.7 Å². The van der Waals surface area contributed by atoms with Gasteiger partial charge in [0.2, 0.25) is 0 Å². The Morgan fingerprint density at radius 2 is 1.87 bits per heavy atom. The SMILES string of the molecule is CC(=O)Oc1ccc(CC(=O)CCl)cc1. The molecule has 1 aromatic rings. The number of alkyl halides is 1. The van der Waals surface area contributed by atoms with Crippen LogP contribution < -0.4 is 4.74 Å². The van der Waals surface area contributed by atoms with E-state index in [1.807, 2.05) is 0 Å². The first-order valence-electron chi connectivity index (χ1n) is 4.47. The predicted molar refractivity (Wildman–Crippen MR) is 57.2 cm³/mol. The predicted octanol–water partition coefficient (Wildman–Crippen LogP) is 1.96. The van der Waals surface area contributed by atoms with Gasteiger partial charge in [-0.25, -0.2) is 0 Å². The molecule has 1 aromatic carbocycles. The Hall–Kier alpha value is -1.35. The van der Waals surface area contributed by atoms with E-state index >= 15 is 0 Å². The Morgan fingerprint density at radius 1 is 1.27 bits per heavy atom. The number of carbonyl (C=O) groups excluding carboxylic acids is 2. The molecule has 0 amide bonds. The van der Waals surface area contributed by atoms with Crippen molar-refractivity contribution in [1.29, 1.82) is 0 Å². The minimum atomic E-state index is -0.361. The van der Waals surface area contributed by atoms with Crippen molar-refractivity contribution in [3.8, 4) is 5.75 Å². The van der Waals surface area contributed by atoms with Crippen molar-refractivity contribution in [3.63, 3.8) is 0 Å². The molecule has 0 aliphatic carbocycles. The average Bonchev–Trinajstić information content (AvgIpc) is 2.20. The third-order valence-corrected chi connectivity index (χ3v) is 2.03. The van der Waals surface area contributed by atoms with Crippen LogP contribution in [-0.2, 0) is 16.0 Å². The molecule has 0 aromatic heterocycles. The molecular formula is C11H11ClO3. The van der Waals surface area contributed by atoms with Crippen molar-refractivity contribution in [2.45, 2.75) is 13.3 Å². The van der Waals surface area contributed by atoms with Crippen LogP contribution in [-0.4, -0.2) is 17.6 Å². The summed E-state index contributed by atoms with van der Waals surface area (Å²) in [4.78, 5) is 21.7. The van der Waals surface area contributed by atoms with E-state index in [9.17, 15) is 9.59 Å². The molecule has 0 heterocycles. The van der Waals surface area contributed by atoms with E-state index < -0.39 is 0 Å². The first kappa shape index (κ1) is 11.7. The van der Waals surface area contributed by atoms with Crippen LogP contribution in [0.3, 0.4) is 0 Å². The van der Waals surface area contributed by atoms with E-state index in [4.69, 9.17) is 16.3 Å². The Kier molecular flexibility index (Phi) is 4.31. The fourth-order valence-electron chi connectivity index (χ4n) is 1.12. The topological polar surface area (TPSA) is 43.4 Å². The number of esters is 1. The fraction of sp³-hybridized carbons (Fsp3) is 0.273. The van der Waals surface area contributed by atoms with Gasteiger partial charge in [-0.15, -0.1) is 11.6 Å². The monoisotopic (exact) mass is 226 g/mol. The summed E-state index contributed by atoms with van der Waals surface area (Å²) in [6, 6.07) is 6.78. The molecule has 1 rings (SSSR count). The molecule has 15 heavy (non-hydrogen) atoms. The fourth-order valence-corrected chi connectivity index (χ4v) is 1.21. The zero-order chi connectivity index (χ0) is 11.3. The maximum Gasteiger partial charge on any atom is 0.308 e. The van der Waals surface area contributed by atoms with Gasteiger partial charge in [0.05, 0.1) is 5.88 Å². The van der Waals surface area contributed by atoms with Crippen LogP contribution >= 0.6 is 11.6 Å². The number of ether oxygens (including phenoxy) is 1. The Labute approximate surface area is 93.0 Å². The third kappa shape index (κ3) is 4.13. The number of carbonyl (C=O) groups is 2. The van der Waals surface area contributed by atoms with Crippen molar-refractivity contribution in [1.82, 2.24) is 0 Å². The first-order valence-corrected chi connectivity index (χ1v) is 5.00. The van der Waals surface area contributed by atoms with Crippen molar-refractivity contribution in [2.24, 2.45) is 0 Å². The second-order valence-corrected chi connectivity index (χ2v) is 3.35.